The molecule has 3 N–H and O–H groups in total. The van der Waals surface area contributed by atoms with E-state index in [9.17, 15) is 0 Å². The molecule has 0 amide bonds. The third kappa shape index (κ3) is 3.31. The second-order valence-corrected chi connectivity index (χ2v) is 6.92. The molecule has 0 saturated carbocycles. The van der Waals surface area contributed by atoms with Crippen molar-refractivity contribution in [2.75, 3.05) is 13.1 Å². The quantitative estimate of drug-likeness (QED) is 0.630. The SMILES string of the molecule is CCc1nn(CC)c(CN2CCC(C)(C(=N)N)CC2)c1Br. The van der Waals surface area contributed by atoms with Gasteiger partial charge in [-0.3, -0.25) is 15.0 Å². The maximum absolute atomic E-state index is 7.74. The topological polar surface area (TPSA) is 70.9 Å². The lowest BCUT2D eigenvalue weighted by Crippen LogP contribution is -2.45. The number of halogens is 1. The third-order valence-electron chi connectivity index (χ3n) is 4.68. The Balaban J connectivity index is 2.07. The number of likely N-dealkylation sites (tertiary alicyclic amines) is 1. The van der Waals surface area contributed by atoms with Crippen LogP contribution >= 0.6 is 15.9 Å². The highest BCUT2D eigenvalue weighted by Crippen LogP contribution is 2.32. The first-order valence-corrected chi connectivity index (χ1v) is 8.51. The van der Waals surface area contributed by atoms with Crippen LogP contribution in [0.4, 0.5) is 0 Å². The molecule has 1 aliphatic heterocycles. The van der Waals surface area contributed by atoms with E-state index in [0.29, 0.717) is 5.84 Å². The zero-order valence-electron chi connectivity index (χ0n) is 13.2. The van der Waals surface area contributed by atoms with Gasteiger partial charge in [0.1, 0.15) is 0 Å². The maximum Gasteiger partial charge on any atom is 0.0966 e. The number of nitrogens with two attached hydrogens (primary N) is 1. The molecular formula is C15H26BrN5. The molecule has 1 saturated heterocycles. The van der Waals surface area contributed by atoms with Crippen LogP contribution in [-0.2, 0) is 19.5 Å². The van der Waals surface area contributed by atoms with Crippen molar-refractivity contribution in [3.8, 4) is 0 Å². The number of aromatic nitrogens is 2. The second-order valence-electron chi connectivity index (χ2n) is 6.13. The van der Waals surface area contributed by atoms with Crippen molar-refractivity contribution in [2.24, 2.45) is 11.1 Å². The van der Waals surface area contributed by atoms with Gasteiger partial charge in [0, 0.05) is 18.5 Å². The van der Waals surface area contributed by atoms with E-state index >= 15 is 0 Å². The van der Waals surface area contributed by atoms with Crippen LogP contribution in [0.5, 0.6) is 0 Å². The summed E-state index contributed by atoms with van der Waals surface area (Å²) in [6.45, 7) is 10.1. The highest BCUT2D eigenvalue weighted by Gasteiger charge is 2.33. The number of hydrogen-bond acceptors (Lipinski definition) is 3. The Kier molecular flexibility index (Phi) is 5.09. The van der Waals surface area contributed by atoms with E-state index in [1.807, 2.05) is 0 Å². The lowest BCUT2D eigenvalue weighted by atomic mass is 9.79. The number of aryl methyl sites for hydroxylation is 2. The molecule has 0 bridgehead atoms. The Bertz CT molecular complexity index is 514. The Labute approximate surface area is 135 Å². The fourth-order valence-corrected chi connectivity index (χ4v) is 3.54. The van der Waals surface area contributed by atoms with Gasteiger partial charge in [0.15, 0.2) is 0 Å². The molecule has 6 heteroatoms. The van der Waals surface area contributed by atoms with E-state index < -0.39 is 0 Å². The normalized spacial score (nSPS) is 18.9. The van der Waals surface area contributed by atoms with Gasteiger partial charge in [0.25, 0.3) is 0 Å². The molecule has 0 spiro atoms. The first-order chi connectivity index (χ1) is 9.91. The van der Waals surface area contributed by atoms with Gasteiger partial charge in [-0.2, -0.15) is 5.10 Å². The van der Waals surface area contributed by atoms with Gasteiger partial charge in [0.2, 0.25) is 0 Å². The summed E-state index contributed by atoms with van der Waals surface area (Å²) in [5.74, 6) is 0.329. The summed E-state index contributed by atoms with van der Waals surface area (Å²) in [6, 6.07) is 0. The molecule has 1 aromatic rings. The minimum atomic E-state index is -0.118. The fraction of sp³-hybridized carbons (Fsp3) is 0.733. The van der Waals surface area contributed by atoms with E-state index in [-0.39, 0.29) is 5.41 Å². The highest BCUT2D eigenvalue weighted by atomic mass is 79.9. The summed E-state index contributed by atoms with van der Waals surface area (Å²) in [4.78, 5) is 2.44. The van der Waals surface area contributed by atoms with Gasteiger partial charge in [-0.1, -0.05) is 13.8 Å². The first-order valence-electron chi connectivity index (χ1n) is 7.72. The molecule has 118 valence electrons. The molecule has 0 radical (unpaired) electrons. The van der Waals surface area contributed by atoms with E-state index in [4.69, 9.17) is 11.1 Å². The largest absolute Gasteiger partial charge is 0.387 e. The van der Waals surface area contributed by atoms with Gasteiger partial charge >= 0.3 is 0 Å². The minimum absolute atomic E-state index is 0.118. The van der Waals surface area contributed by atoms with Crippen molar-refractivity contribution in [1.82, 2.24) is 14.7 Å². The molecule has 2 heterocycles. The smallest absolute Gasteiger partial charge is 0.0966 e. The molecular weight excluding hydrogens is 330 g/mol. The summed E-state index contributed by atoms with van der Waals surface area (Å²) in [5, 5.41) is 12.4. The van der Waals surface area contributed by atoms with Crippen molar-refractivity contribution >= 4 is 21.8 Å². The molecule has 0 aliphatic carbocycles. The number of amidine groups is 1. The molecule has 0 unspecified atom stereocenters. The third-order valence-corrected chi connectivity index (χ3v) is 5.59. The van der Waals surface area contributed by atoms with Gasteiger partial charge in [-0.25, -0.2) is 0 Å². The molecule has 1 fully saturated rings. The van der Waals surface area contributed by atoms with E-state index in [0.717, 1.165) is 55.6 Å². The molecule has 21 heavy (non-hydrogen) atoms. The van der Waals surface area contributed by atoms with Crippen LogP contribution in [0.3, 0.4) is 0 Å². The standard InChI is InChI=1S/C15H26BrN5/c1-4-11-13(16)12(21(5-2)19-11)10-20-8-6-15(3,7-9-20)14(17)18/h4-10H2,1-3H3,(H3,17,18). The monoisotopic (exact) mass is 355 g/mol. The Morgan fingerprint density at radius 1 is 1.38 bits per heavy atom. The Hall–Kier alpha value is -0.880. The van der Waals surface area contributed by atoms with E-state index in [2.05, 4.69) is 51.4 Å². The van der Waals surface area contributed by atoms with E-state index in [1.54, 1.807) is 0 Å². The van der Waals surface area contributed by atoms with Gasteiger partial charge in [-0.05, 0) is 55.2 Å². The molecule has 0 atom stereocenters. The Morgan fingerprint density at radius 3 is 2.48 bits per heavy atom. The van der Waals surface area contributed by atoms with Crippen molar-refractivity contribution in [3.63, 3.8) is 0 Å². The second kappa shape index (κ2) is 6.48. The number of hydrogen-bond donors (Lipinski definition) is 2. The summed E-state index contributed by atoms with van der Waals surface area (Å²) >= 11 is 3.71. The number of nitrogens with one attached hydrogen (secondary N) is 1. The molecule has 0 aromatic carbocycles. The van der Waals surface area contributed by atoms with Crippen LogP contribution in [0.1, 0.15) is 45.0 Å². The zero-order valence-corrected chi connectivity index (χ0v) is 14.8. The van der Waals surface area contributed by atoms with Gasteiger partial charge in [-0.15, -0.1) is 0 Å². The van der Waals surface area contributed by atoms with Crippen molar-refractivity contribution in [3.05, 3.63) is 15.9 Å². The van der Waals surface area contributed by atoms with Crippen LogP contribution in [0.2, 0.25) is 0 Å². The summed E-state index contributed by atoms with van der Waals surface area (Å²) in [5.41, 5.74) is 8.02. The number of piperidine rings is 1. The van der Waals surface area contributed by atoms with Gasteiger partial charge in [0.05, 0.1) is 21.7 Å². The Morgan fingerprint density at radius 2 is 2.00 bits per heavy atom. The van der Waals surface area contributed by atoms with Crippen molar-refractivity contribution in [2.45, 2.75) is 53.1 Å². The van der Waals surface area contributed by atoms with Crippen LogP contribution < -0.4 is 5.73 Å². The average molecular weight is 356 g/mol. The van der Waals surface area contributed by atoms with Gasteiger partial charge < -0.3 is 5.73 Å². The summed E-state index contributed by atoms with van der Waals surface area (Å²) in [6.07, 6.45) is 2.87. The summed E-state index contributed by atoms with van der Waals surface area (Å²) in [7, 11) is 0. The highest BCUT2D eigenvalue weighted by molar-refractivity contribution is 9.10. The fourth-order valence-electron chi connectivity index (χ4n) is 2.85. The minimum Gasteiger partial charge on any atom is -0.387 e. The predicted molar refractivity (Wildman–Crippen MR) is 89.5 cm³/mol. The molecule has 2 rings (SSSR count). The molecule has 5 nitrogen and oxygen atoms in total. The number of nitrogens with zero attached hydrogens (tertiary/aromatic N) is 3. The molecule has 1 aliphatic rings. The number of rotatable bonds is 5. The van der Waals surface area contributed by atoms with Crippen LogP contribution in [0.25, 0.3) is 0 Å². The lowest BCUT2D eigenvalue weighted by molar-refractivity contribution is 0.152. The van der Waals surface area contributed by atoms with Crippen LogP contribution in [0.15, 0.2) is 4.47 Å². The van der Waals surface area contributed by atoms with Crippen molar-refractivity contribution < 1.29 is 0 Å². The maximum atomic E-state index is 7.74. The van der Waals surface area contributed by atoms with Crippen LogP contribution in [0, 0.1) is 10.8 Å². The average Bonchev–Trinajstić information content (AvgIpc) is 2.77. The van der Waals surface area contributed by atoms with Crippen molar-refractivity contribution in [1.29, 1.82) is 5.41 Å². The van der Waals surface area contributed by atoms with E-state index in [1.165, 1.54) is 5.69 Å². The lowest BCUT2D eigenvalue weighted by Gasteiger charge is -2.38. The first kappa shape index (κ1) is 16.5. The predicted octanol–water partition coefficient (Wildman–Crippen LogP) is 2.77. The zero-order chi connectivity index (χ0) is 15.6. The van der Waals surface area contributed by atoms with Crippen LogP contribution in [-0.4, -0.2) is 33.6 Å². The summed E-state index contributed by atoms with van der Waals surface area (Å²) < 4.78 is 3.26. The molecule has 1 aromatic heterocycles.